The Bertz CT molecular complexity index is 220. The minimum Gasteiger partial charge on any atom is -0.359 e. The summed E-state index contributed by atoms with van der Waals surface area (Å²) in [5.74, 6) is 0. The minimum atomic E-state index is 1.26. The molecule has 0 saturated heterocycles. The Morgan fingerprint density at radius 1 is 1.30 bits per heavy atom. The van der Waals surface area contributed by atoms with E-state index in [1.165, 1.54) is 11.3 Å². The lowest BCUT2D eigenvalue weighted by atomic mass is 10.2. The van der Waals surface area contributed by atoms with Crippen LogP contribution in [0.1, 0.15) is 5.56 Å². The molecule has 1 rings (SSSR count). The molecule has 2 heteroatoms. The van der Waals surface area contributed by atoms with Gasteiger partial charge in [0.1, 0.15) is 0 Å². The van der Waals surface area contributed by atoms with Crippen molar-refractivity contribution in [3.05, 3.63) is 29.8 Å². The molecule has 0 saturated carbocycles. The van der Waals surface area contributed by atoms with Crippen LogP contribution in [0.25, 0.3) is 0 Å². The normalized spacial score (nSPS) is 9.50. The number of anilines is 1. The number of nitrogens with zero attached hydrogens (tertiary/aromatic N) is 1. The van der Waals surface area contributed by atoms with Crippen LogP contribution in [-0.2, 0) is 0 Å². The first-order valence-electron chi connectivity index (χ1n) is 3.26. The highest BCUT2D eigenvalue weighted by Crippen LogP contribution is 2.19. The number of hydrogen-bond donors (Lipinski definition) is 0. The van der Waals surface area contributed by atoms with Crippen LogP contribution in [0.2, 0.25) is 0 Å². The van der Waals surface area contributed by atoms with Crippen LogP contribution in [0.4, 0.5) is 5.69 Å². The molecule has 0 aliphatic heterocycles. The van der Waals surface area contributed by atoms with Gasteiger partial charge in [-0.15, -0.1) is 0 Å². The average Bonchev–Trinajstić information content (AvgIpc) is 1.88. The van der Waals surface area contributed by atoms with Crippen molar-refractivity contribution in [1.82, 2.24) is 0 Å². The summed E-state index contributed by atoms with van der Waals surface area (Å²) in [5.41, 5.74) is 2.56. The van der Waals surface area contributed by atoms with Gasteiger partial charge in [-0.05, 0) is 27.9 Å². The molecule has 0 amide bonds. The number of hydrogen-bond acceptors (Lipinski definition) is 1. The highest BCUT2D eigenvalue weighted by atomic mass is 31.0. The van der Waals surface area contributed by atoms with Crippen molar-refractivity contribution in [2.24, 2.45) is 0 Å². The fourth-order valence-corrected chi connectivity index (χ4v) is 1.25. The summed E-state index contributed by atoms with van der Waals surface area (Å²) in [7, 11) is 4.66. The molecule has 0 N–H and O–H groups in total. The zero-order chi connectivity index (χ0) is 7.56. The van der Waals surface area contributed by atoms with Gasteiger partial charge in [0.25, 0.3) is 0 Å². The van der Waals surface area contributed by atoms with Gasteiger partial charge in [-0.3, -0.25) is 0 Å². The van der Waals surface area contributed by atoms with E-state index < -0.39 is 0 Å². The highest BCUT2D eigenvalue weighted by molar-refractivity contribution is 7.19. The van der Waals surface area contributed by atoms with Crippen molar-refractivity contribution in [2.75, 3.05) is 11.7 Å². The molecule has 1 aromatic carbocycles. The minimum absolute atomic E-state index is 1.26. The Kier molecular flexibility index (Phi) is 2.29. The quantitative estimate of drug-likeness (QED) is 0.559. The molecule has 0 fully saturated rings. The van der Waals surface area contributed by atoms with E-state index in [2.05, 4.69) is 28.4 Å². The fourth-order valence-electron chi connectivity index (χ4n) is 0.959. The third-order valence-corrected chi connectivity index (χ3v) is 1.77. The zero-order valence-electron chi connectivity index (χ0n) is 6.33. The smallest absolute Gasteiger partial charge is 0.0421 e. The molecule has 0 aliphatic carbocycles. The van der Waals surface area contributed by atoms with Crippen molar-refractivity contribution in [3.63, 3.8) is 0 Å². The van der Waals surface area contributed by atoms with Crippen molar-refractivity contribution in [2.45, 2.75) is 6.92 Å². The van der Waals surface area contributed by atoms with Crippen molar-refractivity contribution in [3.8, 4) is 0 Å². The van der Waals surface area contributed by atoms with Crippen LogP contribution in [0.5, 0.6) is 0 Å². The number of rotatable bonds is 1. The molecule has 0 aliphatic rings. The van der Waals surface area contributed by atoms with Crippen LogP contribution >= 0.6 is 9.39 Å². The molecule has 1 aromatic rings. The van der Waals surface area contributed by atoms with E-state index in [4.69, 9.17) is 0 Å². The van der Waals surface area contributed by atoms with Crippen LogP contribution in [-0.4, -0.2) is 7.05 Å². The van der Waals surface area contributed by atoms with Crippen LogP contribution in [0.15, 0.2) is 24.3 Å². The summed E-state index contributed by atoms with van der Waals surface area (Å²) >= 11 is 0. The summed E-state index contributed by atoms with van der Waals surface area (Å²) < 4.78 is 2.04. The molecule has 0 spiro atoms. The molecule has 10 heavy (non-hydrogen) atoms. The standard InChI is InChI=1S/C8H12NP/c1-7-5-3-4-6-8(7)9(2)10/h3-6H,10H2,1-2H3. The fraction of sp³-hybridized carbons (Fsp3) is 0.250. The molecule has 1 atom stereocenters. The summed E-state index contributed by atoms with van der Waals surface area (Å²) in [6, 6.07) is 8.30. The first-order valence-corrected chi connectivity index (χ1v) is 3.77. The van der Waals surface area contributed by atoms with Crippen LogP contribution < -0.4 is 4.67 Å². The van der Waals surface area contributed by atoms with E-state index in [1.54, 1.807) is 0 Å². The lowest BCUT2D eigenvalue weighted by molar-refractivity contribution is 1.31. The Labute approximate surface area is 64.3 Å². The lowest BCUT2D eigenvalue weighted by Gasteiger charge is -2.13. The van der Waals surface area contributed by atoms with Gasteiger partial charge in [0.05, 0.1) is 0 Å². The maximum atomic E-state index is 2.64. The Morgan fingerprint density at radius 2 is 1.90 bits per heavy atom. The van der Waals surface area contributed by atoms with Gasteiger partial charge in [-0.2, -0.15) is 0 Å². The Hall–Kier alpha value is -0.550. The van der Waals surface area contributed by atoms with E-state index in [0.717, 1.165) is 0 Å². The van der Waals surface area contributed by atoms with Gasteiger partial charge in [0.15, 0.2) is 0 Å². The van der Waals surface area contributed by atoms with Crippen molar-refractivity contribution >= 4 is 15.1 Å². The van der Waals surface area contributed by atoms with Crippen LogP contribution in [0.3, 0.4) is 0 Å². The molecule has 0 bridgehead atoms. The van der Waals surface area contributed by atoms with E-state index >= 15 is 0 Å². The Morgan fingerprint density at radius 3 is 2.30 bits per heavy atom. The third kappa shape index (κ3) is 1.48. The molecular formula is C8H12NP. The number of aryl methyl sites for hydroxylation is 1. The maximum Gasteiger partial charge on any atom is 0.0421 e. The second-order valence-corrected chi connectivity index (χ2v) is 3.17. The summed E-state index contributed by atoms with van der Waals surface area (Å²) in [5, 5.41) is 0. The topological polar surface area (TPSA) is 3.24 Å². The van der Waals surface area contributed by atoms with E-state index in [9.17, 15) is 0 Å². The lowest BCUT2D eigenvalue weighted by Crippen LogP contribution is -2.00. The summed E-state index contributed by atoms with van der Waals surface area (Å²) in [6.45, 7) is 2.11. The number of benzene rings is 1. The zero-order valence-corrected chi connectivity index (χ0v) is 7.49. The first kappa shape index (κ1) is 7.56. The molecule has 0 radical (unpaired) electrons. The van der Waals surface area contributed by atoms with E-state index in [1.807, 2.05) is 23.9 Å². The maximum absolute atomic E-state index is 2.64. The molecule has 54 valence electrons. The second kappa shape index (κ2) is 3.03. The van der Waals surface area contributed by atoms with Gasteiger partial charge in [-0.25, -0.2) is 0 Å². The van der Waals surface area contributed by atoms with Crippen LogP contribution in [0, 0.1) is 6.92 Å². The molecule has 1 nitrogen and oxygen atoms in total. The summed E-state index contributed by atoms with van der Waals surface area (Å²) in [6.07, 6.45) is 0. The monoisotopic (exact) mass is 153 g/mol. The largest absolute Gasteiger partial charge is 0.359 e. The molecule has 0 heterocycles. The first-order chi connectivity index (χ1) is 4.72. The molecule has 1 unspecified atom stereocenters. The Balaban J connectivity index is 3.03. The van der Waals surface area contributed by atoms with Crippen molar-refractivity contribution < 1.29 is 0 Å². The predicted molar refractivity (Wildman–Crippen MR) is 49.3 cm³/mol. The molecular weight excluding hydrogens is 141 g/mol. The van der Waals surface area contributed by atoms with E-state index in [0.29, 0.717) is 0 Å². The van der Waals surface area contributed by atoms with Gasteiger partial charge in [0, 0.05) is 12.7 Å². The van der Waals surface area contributed by atoms with E-state index in [-0.39, 0.29) is 0 Å². The number of para-hydroxylation sites is 1. The van der Waals surface area contributed by atoms with Gasteiger partial charge < -0.3 is 4.67 Å². The third-order valence-electron chi connectivity index (χ3n) is 1.50. The average molecular weight is 153 g/mol. The van der Waals surface area contributed by atoms with Gasteiger partial charge in [-0.1, -0.05) is 18.2 Å². The van der Waals surface area contributed by atoms with Gasteiger partial charge in [0.2, 0.25) is 0 Å². The highest BCUT2D eigenvalue weighted by Gasteiger charge is 1.95. The second-order valence-electron chi connectivity index (χ2n) is 2.40. The predicted octanol–water partition coefficient (Wildman–Crippen LogP) is 2.22. The van der Waals surface area contributed by atoms with Crippen molar-refractivity contribution in [1.29, 1.82) is 0 Å². The molecule has 0 aromatic heterocycles. The van der Waals surface area contributed by atoms with Gasteiger partial charge >= 0.3 is 0 Å². The SMILES string of the molecule is Cc1ccccc1N(C)P. The summed E-state index contributed by atoms with van der Waals surface area (Å²) in [4.78, 5) is 0.